The van der Waals surface area contributed by atoms with Gasteiger partial charge < -0.3 is 14.8 Å². The van der Waals surface area contributed by atoms with Gasteiger partial charge in [-0.1, -0.05) is 24.3 Å². The van der Waals surface area contributed by atoms with Gasteiger partial charge in [0.15, 0.2) is 0 Å². The molecule has 1 N–H and O–H groups in total. The van der Waals surface area contributed by atoms with Gasteiger partial charge in [0.2, 0.25) is 0 Å². The molecule has 110 valence electrons. The minimum Gasteiger partial charge on any atom is -0.497 e. The van der Waals surface area contributed by atoms with Crippen molar-refractivity contribution in [2.24, 2.45) is 0 Å². The second-order valence-corrected chi connectivity index (χ2v) is 5.39. The van der Waals surface area contributed by atoms with E-state index in [2.05, 4.69) is 42.6 Å². The Bertz CT molecular complexity index is 652. The van der Waals surface area contributed by atoms with Crippen molar-refractivity contribution in [2.75, 3.05) is 20.8 Å². The minimum absolute atomic E-state index is 0.193. The second-order valence-electron chi connectivity index (χ2n) is 5.39. The van der Waals surface area contributed by atoms with Crippen LogP contribution in [0.1, 0.15) is 28.3 Å². The lowest BCUT2D eigenvalue weighted by molar-refractivity contribution is 0.385. The van der Waals surface area contributed by atoms with E-state index in [9.17, 15) is 0 Å². The first-order chi connectivity index (χ1) is 10.2. The average molecular weight is 283 g/mol. The van der Waals surface area contributed by atoms with E-state index < -0.39 is 0 Å². The highest BCUT2D eigenvalue weighted by Gasteiger charge is 2.25. The van der Waals surface area contributed by atoms with Crippen LogP contribution < -0.4 is 14.8 Å². The van der Waals surface area contributed by atoms with Gasteiger partial charge in [0.05, 0.1) is 20.3 Å². The molecule has 0 aliphatic carbocycles. The predicted molar refractivity (Wildman–Crippen MR) is 84.3 cm³/mol. The number of hydrogen-bond donors (Lipinski definition) is 1. The third-order valence-corrected chi connectivity index (χ3v) is 4.21. The molecule has 2 aromatic carbocycles. The van der Waals surface area contributed by atoms with Crippen LogP contribution in [0.15, 0.2) is 36.4 Å². The quantitative estimate of drug-likeness (QED) is 0.938. The van der Waals surface area contributed by atoms with Crippen LogP contribution in [-0.2, 0) is 6.42 Å². The van der Waals surface area contributed by atoms with Gasteiger partial charge >= 0.3 is 0 Å². The Balaban J connectivity index is 2.15. The number of ether oxygens (including phenoxy) is 2. The van der Waals surface area contributed by atoms with E-state index in [1.54, 1.807) is 14.2 Å². The van der Waals surface area contributed by atoms with Crippen molar-refractivity contribution >= 4 is 0 Å². The van der Waals surface area contributed by atoms with Crippen LogP contribution in [0.4, 0.5) is 0 Å². The number of methoxy groups -OCH3 is 2. The first-order valence-corrected chi connectivity index (χ1v) is 7.28. The molecule has 0 saturated carbocycles. The number of nitrogens with one attached hydrogen (secondary N) is 1. The molecule has 3 heteroatoms. The van der Waals surface area contributed by atoms with Crippen molar-refractivity contribution in [3.05, 3.63) is 58.7 Å². The number of fused-ring (bicyclic) bond motifs is 1. The fourth-order valence-corrected chi connectivity index (χ4v) is 3.11. The molecule has 1 atom stereocenters. The molecule has 0 amide bonds. The number of aryl methyl sites for hydroxylation is 1. The van der Waals surface area contributed by atoms with Crippen LogP contribution in [0.5, 0.6) is 11.5 Å². The summed E-state index contributed by atoms with van der Waals surface area (Å²) >= 11 is 0. The lowest BCUT2D eigenvalue weighted by Gasteiger charge is -2.30. The molecule has 3 rings (SSSR count). The Morgan fingerprint density at radius 1 is 1.05 bits per heavy atom. The maximum Gasteiger partial charge on any atom is 0.126 e. The SMILES string of the molecule is COc1cc(OC)c2c(c1)C(c1ccccc1C)NCC2. The van der Waals surface area contributed by atoms with Crippen LogP contribution >= 0.6 is 0 Å². The van der Waals surface area contributed by atoms with Gasteiger partial charge in [0.1, 0.15) is 11.5 Å². The maximum atomic E-state index is 5.56. The smallest absolute Gasteiger partial charge is 0.126 e. The first-order valence-electron chi connectivity index (χ1n) is 7.28. The monoisotopic (exact) mass is 283 g/mol. The molecule has 0 spiro atoms. The van der Waals surface area contributed by atoms with Gasteiger partial charge in [-0.25, -0.2) is 0 Å². The zero-order valence-corrected chi connectivity index (χ0v) is 12.8. The van der Waals surface area contributed by atoms with E-state index in [4.69, 9.17) is 9.47 Å². The largest absolute Gasteiger partial charge is 0.497 e. The topological polar surface area (TPSA) is 30.5 Å². The molecular weight excluding hydrogens is 262 g/mol. The normalized spacial score (nSPS) is 17.2. The number of hydrogen-bond acceptors (Lipinski definition) is 3. The van der Waals surface area contributed by atoms with Crippen LogP contribution in [0, 0.1) is 6.92 Å². The minimum atomic E-state index is 0.193. The lowest BCUT2D eigenvalue weighted by Crippen LogP contribution is -2.31. The van der Waals surface area contributed by atoms with Gasteiger partial charge in [0.25, 0.3) is 0 Å². The van der Waals surface area contributed by atoms with Crippen molar-refractivity contribution in [3.8, 4) is 11.5 Å². The highest BCUT2D eigenvalue weighted by Crippen LogP contribution is 2.38. The number of benzene rings is 2. The summed E-state index contributed by atoms with van der Waals surface area (Å²) in [7, 11) is 3.42. The summed E-state index contributed by atoms with van der Waals surface area (Å²) < 4.78 is 11.0. The fourth-order valence-electron chi connectivity index (χ4n) is 3.11. The van der Waals surface area contributed by atoms with E-state index in [0.717, 1.165) is 24.5 Å². The predicted octanol–water partition coefficient (Wildman–Crippen LogP) is 3.25. The van der Waals surface area contributed by atoms with Crippen LogP contribution in [0.3, 0.4) is 0 Å². The number of rotatable bonds is 3. The summed E-state index contributed by atoms with van der Waals surface area (Å²) in [6.45, 7) is 3.11. The molecule has 2 aromatic rings. The van der Waals surface area contributed by atoms with Crippen molar-refractivity contribution in [1.82, 2.24) is 5.32 Å². The Hall–Kier alpha value is -2.00. The molecule has 0 radical (unpaired) electrons. The van der Waals surface area contributed by atoms with Gasteiger partial charge in [0, 0.05) is 18.2 Å². The third kappa shape index (κ3) is 2.49. The van der Waals surface area contributed by atoms with Gasteiger partial charge in [-0.2, -0.15) is 0 Å². The highest BCUT2D eigenvalue weighted by atomic mass is 16.5. The Labute approximate surface area is 125 Å². The van der Waals surface area contributed by atoms with Crippen LogP contribution in [0.25, 0.3) is 0 Å². The van der Waals surface area contributed by atoms with E-state index in [0.29, 0.717) is 0 Å². The molecule has 1 unspecified atom stereocenters. The highest BCUT2D eigenvalue weighted by molar-refractivity contribution is 5.52. The fraction of sp³-hybridized carbons (Fsp3) is 0.333. The zero-order valence-electron chi connectivity index (χ0n) is 12.8. The molecule has 0 fully saturated rings. The molecule has 0 aromatic heterocycles. The lowest BCUT2D eigenvalue weighted by atomic mass is 9.87. The van der Waals surface area contributed by atoms with Crippen molar-refractivity contribution in [2.45, 2.75) is 19.4 Å². The van der Waals surface area contributed by atoms with Crippen molar-refractivity contribution in [3.63, 3.8) is 0 Å². The Morgan fingerprint density at radius 3 is 2.57 bits per heavy atom. The summed E-state index contributed by atoms with van der Waals surface area (Å²) in [6.07, 6.45) is 0.977. The Morgan fingerprint density at radius 2 is 1.86 bits per heavy atom. The summed E-state index contributed by atoms with van der Waals surface area (Å²) in [5.74, 6) is 1.76. The molecule has 1 aliphatic heterocycles. The average Bonchev–Trinajstić information content (AvgIpc) is 2.53. The molecule has 21 heavy (non-hydrogen) atoms. The summed E-state index contributed by atoms with van der Waals surface area (Å²) in [4.78, 5) is 0. The van der Waals surface area contributed by atoms with Crippen LogP contribution in [0.2, 0.25) is 0 Å². The van der Waals surface area contributed by atoms with Gasteiger partial charge in [-0.15, -0.1) is 0 Å². The summed E-state index contributed by atoms with van der Waals surface area (Å²) in [6, 6.07) is 12.8. The maximum absolute atomic E-state index is 5.56. The third-order valence-electron chi connectivity index (χ3n) is 4.21. The molecule has 3 nitrogen and oxygen atoms in total. The zero-order chi connectivity index (χ0) is 14.8. The van der Waals surface area contributed by atoms with E-state index in [1.165, 1.54) is 22.3 Å². The van der Waals surface area contributed by atoms with Gasteiger partial charge in [-0.3, -0.25) is 0 Å². The van der Waals surface area contributed by atoms with E-state index >= 15 is 0 Å². The summed E-state index contributed by atoms with van der Waals surface area (Å²) in [5, 5.41) is 3.62. The standard InChI is InChI=1S/C18H21NO2/c1-12-6-4-5-7-14(12)18-16-10-13(20-2)11-17(21-3)15(16)8-9-19-18/h4-7,10-11,18-19H,8-9H2,1-3H3. The van der Waals surface area contributed by atoms with Crippen LogP contribution in [-0.4, -0.2) is 20.8 Å². The van der Waals surface area contributed by atoms with Gasteiger partial charge in [-0.05, 0) is 36.1 Å². The van der Waals surface area contributed by atoms with Crippen molar-refractivity contribution in [1.29, 1.82) is 0 Å². The summed E-state index contributed by atoms with van der Waals surface area (Å²) in [5.41, 5.74) is 5.15. The molecule has 1 heterocycles. The first kappa shape index (κ1) is 14.0. The molecule has 0 saturated heterocycles. The van der Waals surface area contributed by atoms with E-state index in [-0.39, 0.29) is 6.04 Å². The molecule has 1 aliphatic rings. The molecule has 0 bridgehead atoms. The second kappa shape index (κ2) is 5.78. The Kier molecular flexibility index (Phi) is 3.84. The van der Waals surface area contributed by atoms with E-state index in [1.807, 2.05) is 6.07 Å². The van der Waals surface area contributed by atoms with Crippen molar-refractivity contribution < 1.29 is 9.47 Å². The molecular formula is C18H21NO2.